The van der Waals surface area contributed by atoms with Crippen molar-refractivity contribution in [3.63, 3.8) is 0 Å². The number of hydrogen-bond acceptors (Lipinski definition) is 4. The summed E-state index contributed by atoms with van der Waals surface area (Å²) in [5.41, 5.74) is 1.24. The second-order valence-electron chi connectivity index (χ2n) is 4.75. The highest BCUT2D eigenvalue weighted by Crippen LogP contribution is 2.12. The van der Waals surface area contributed by atoms with E-state index in [4.69, 9.17) is 0 Å². The highest BCUT2D eigenvalue weighted by atomic mass is 15.2. The number of nitrogens with zero attached hydrogens (tertiary/aromatic N) is 3. The lowest BCUT2D eigenvalue weighted by molar-refractivity contribution is 0.192. The highest BCUT2D eigenvalue weighted by molar-refractivity contribution is 5.43. The quantitative estimate of drug-likeness (QED) is 0.835. The van der Waals surface area contributed by atoms with Crippen molar-refractivity contribution in [1.82, 2.24) is 15.2 Å². The largest absolute Gasteiger partial charge is 0.374 e. The molecule has 0 spiro atoms. The minimum Gasteiger partial charge on any atom is -0.374 e. The number of pyridine rings is 1. The fourth-order valence-corrected chi connectivity index (χ4v) is 2.26. The number of likely N-dealkylation sites (N-methyl/N-ethyl adjacent to an activating group) is 1. The van der Waals surface area contributed by atoms with E-state index < -0.39 is 0 Å². The van der Waals surface area contributed by atoms with Crippen molar-refractivity contribution >= 4 is 5.69 Å². The summed E-state index contributed by atoms with van der Waals surface area (Å²) in [6, 6.07) is 4.78. The average Bonchev–Trinajstić information content (AvgIpc) is 2.38. The first-order valence-corrected chi connectivity index (χ1v) is 6.29. The first-order chi connectivity index (χ1) is 8.27. The van der Waals surface area contributed by atoms with Gasteiger partial charge in [0.2, 0.25) is 0 Å². The van der Waals surface area contributed by atoms with Gasteiger partial charge < -0.3 is 15.1 Å². The fraction of sp³-hybridized carbons (Fsp3) is 0.615. The minimum atomic E-state index is 0.660. The molecule has 1 N–H and O–H groups in total. The van der Waals surface area contributed by atoms with Gasteiger partial charge in [0.1, 0.15) is 0 Å². The SMILES string of the molecule is CN(CCC1CNCCN1C)c1ccncc1. The molecule has 1 aromatic rings. The van der Waals surface area contributed by atoms with Crippen molar-refractivity contribution in [3.8, 4) is 0 Å². The smallest absolute Gasteiger partial charge is 0.0394 e. The van der Waals surface area contributed by atoms with E-state index in [1.807, 2.05) is 12.4 Å². The average molecular weight is 234 g/mol. The summed E-state index contributed by atoms with van der Waals surface area (Å²) in [7, 11) is 4.36. The van der Waals surface area contributed by atoms with Gasteiger partial charge in [-0.2, -0.15) is 0 Å². The van der Waals surface area contributed by atoms with E-state index in [2.05, 4.69) is 46.3 Å². The Morgan fingerprint density at radius 1 is 1.47 bits per heavy atom. The molecule has 2 rings (SSSR count). The molecule has 17 heavy (non-hydrogen) atoms. The number of aromatic nitrogens is 1. The van der Waals surface area contributed by atoms with Crippen LogP contribution in [-0.4, -0.2) is 56.2 Å². The molecule has 4 heteroatoms. The summed E-state index contributed by atoms with van der Waals surface area (Å²) in [6.07, 6.45) is 4.89. The van der Waals surface area contributed by atoms with Gasteiger partial charge in [0.05, 0.1) is 0 Å². The molecule has 0 aliphatic carbocycles. The Morgan fingerprint density at radius 2 is 2.24 bits per heavy atom. The van der Waals surface area contributed by atoms with Gasteiger partial charge in [-0.05, 0) is 25.6 Å². The predicted molar refractivity (Wildman–Crippen MR) is 71.4 cm³/mol. The van der Waals surface area contributed by atoms with Crippen LogP contribution in [0.3, 0.4) is 0 Å². The van der Waals surface area contributed by atoms with Gasteiger partial charge in [-0.1, -0.05) is 0 Å². The van der Waals surface area contributed by atoms with Crippen LogP contribution >= 0.6 is 0 Å². The summed E-state index contributed by atoms with van der Waals surface area (Å²) >= 11 is 0. The van der Waals surface area contributed by atoms with E-state index in [-0.39, 0.29) is 0 Å². The standard InChI is InChI=1S/C13H22N4/c1-16(12-3-6-14-7-4-12)9-5-13-11-15-8-10-17(13)2/h3-4,6-7,13,15H,5,8-11H2,1-2H3. The van der Waals surface area contributed by atoms with Crippen molar-refractivity contribution in [1.29, 1.82) is 0 Å². The van der Waals surface area contributed by atoms with Crippen molar-refractivity contribution in [2.24, 2.45) is 0 Å². The summed E-state index contributed by atoms with van der Waals surface area (Å²) in [6.45, 7) is 4.47. The van der Waals surface area contributed by atoms with Crippen molar-refractivity contribution in [2.45, 2.75) is 12.5 Å². The molecule has 1 aliphatic rings. The summed E-state index contributed by atoms with van der Waals surface area (Å²) < 4.78 is 0. The molecule has 0 aromatic carbocycles. The number of piperazine rings is 1. The summed E-state index contributed by atoms with van der Waals surface area (Å²) in [4.78, 5) is 8.80. The number of anilines is 1. The molecule has 1 unspecified atom stereocenters. The Bertz CT molecular complexity index is 327. The van der Waals surface area contributed by atoms with Crippen LogP contribution in [-0.2, 0) is 0 Å². The summed E-state index contributed by atoms with van der Waals surface area (Å²) in [5, 5.41) is 3.46. The molecule has 2 heterocycles. The monoisotopic (exact) mass is 234 g/mol. The molecule has 1 fully saturated rings. The lowest BCUT2D eigenvalue weighted by Gasteiger charge is -2.34. The molecule has 0 saturated carbocycles. The van der Waals surface area contributed by atoms with Crippen LogP contribution in [0.4, 0.5) is 5.69 Å². The zero-order valence-electron chi connectivity index (χ0n) is 10.8. The maximum absolute atomic E-state index is 4.04. The van der Waals surface area contributed by atoms with Crippen LogP contribution < -0.4 is 10.2 Å². The van der Waals surface area contributed by atoms with E-state index in [1.165, 1.54) is 12.1 Å². The lowest BCUT2D eigenvalue weighted by atomic mass is 10.1. The topological polar surface area (TPSA) is 31.4 Å². The number of hydrogen-bond donors (Lipinski definition) is 1. The van der Waals surface area contributed by atoms with Gasteiger partial charge in [0.25, 0.3) is 0 Å². The molecule has 4 nitrogen and oxygen atoms in total. The molecule has 1 saturated heterocycles. The zero-order chi connectivity index (χ0) is 12.1. The lowest BCUT2D eigenvalue weighted by Crippen LogP contribution is -2.50. The normalized spacial score (nSPS) is 21.4. The molecule has 1 aliphatic heterocycles. The third-order valence-electron chi connectivity index (χ3n) is 3.55. The molecule has 1 aromatic heterocycles. The maximum atomic E-state index is 4.04. The first-order valence-electron chi connectivity index (χ1n) is 6.29. The van der Waals surface area contributed by atoms with Gasteiger partial charge in [0, 0.05) is 57.3 Å². The van der Waals surface area contributed by atoms with Crippen LogP contribution in [0.2, 0.25) is 0 Å². The van der Waals surface area contributed by atoms with Crippen LogP contribution in [0.25, 0.3) is 0 Å². The Morgan fingerprint density at radius 3 is 2.94 bits per heavy atom. The molecule has 94 valence electrons. The Hall–Kier alpha value is -1.13. The van der Waals surface area contributed by atoms with Gasteiger partial charge in [-0.15, -0.1) is 0 Å². The second-order valence-corrected chi connectivity index (χ2v) is 4.75. The van der Waals surface area contributed by atoms with Crippen LogP contribution in [0.5, 0.6) is 0 Å². The Labute approximate surface area is 104 Å². The number of nitrogens with one attached hydrogen (secondary N) is 1. The maximum Gasteiger partial charge on any atom is 0.0394 e. The van der Waals surface area contributed by atoms with E-state index in [0.29, 0.717) is 6.04 Å². The zero-order valence-corrected chi connectivity index (χ0v) is 10.8. The minimum absolute atomic E-state index is 0.660. The fourth-order valence-electron chi connectivity index (χ4n) is 2.26. The summed E-state index contributed by atoms with van der Waals surface area (Å²) in [5.74, 6) is 0. The predicted octanol–water partition coefficient (Wildman–Crippen LogP) is 0.812. The van der Waals surface area contributed by atoms with Crippen molar-refractivity contribution < 1.29 is 0 Å². The third kappa shape index (κ3) is 3.41. The van der Waals surface area contributed by atoms with Gasteiger partial charge >= 0.3 is 0 Å². The molecule has 0 bridgehead atoms. The highest BCUT2D eigenvalue weighted by Gasteiger charge is 2.18. The van der Waals surface area contributed by atoms with E-state index in [9.17, 15) is 0 Å². The first kappa shape index (κ1) is 12.3. The van der Waals surface area contributed by atoms with Crippen LogP contribution in [0.1, 0.15) is 6.42 Å². The molecule has 0 amide bonds. The van der Waals surface area contributed by atoms with E-state index in [1.54, 1.807) is 0 Å². The van der Waals surface area contributed by atoms with Gasteiger partial charge in [0.15, 0.2) is 0 Å². The van der Waals surface area contributed by atoms with Crippen LogP contribution in [0.15, 0.2) is 24.5 Å². The van der Waals surface area contributed by atoms with Crippen molar-refractivity contribution in [2.75, 3.05) is 45.2 Å². The molecular formula is C13H22N4. The Kier molecular flexibility index (Phi) is 4.34. The van der Waals surface area contributed by atoms with Crippen molar-refractivity contribution in [3.05, 3.63) is 24.5 Å². The van der Waals surface area contributed by atoms with E-state index >= 15 is 0 Å². The molecular weight excluding hydrogens is 212 g/mol. The third-order valence-corrected chi connectivity index (χ3v) is 3.55. The molecule has 1 atom stereocenters. The Balaban J connectivity index is 1.81. The van der Waals surface area contributed by atoms with E-state index in [0.717, 1.165) is 26.2 Å². The van der Waals surface area contributed by atoms with Gasteiger partial charge in [-0.3, -0.25) is 4.98 Å². The molecule has 0 radical (unpaired) electrons. The number of rotatable bonds is 4. The van der Waals surface area contributed by atoms with Gasteiger partial charge in [-0.25, -0.2) is 0 Å². The van der Waals surface area contributed by atoms with Crippen LogP contribution in [0, 0.1) is 0 Å². The second kappa shape index (κ2) is 5.98.